The number of benzene rings is 1. The average molecular weight is 206 g/mol. The van der Waals surface area contributed by atoms with E-state index >= 15 is 0 Å². The van der Waals surface area contributed by atoms with Crippen LogP contribution in [0.4, 0.5) is 10.1 Å². The first kappa shape index (κ1) is 9.76. The summed E-state index contributed by atoms with van der Waals surface area (Å²) in [5.41, 5.74) is 0.911. The fourth-order valence-electron chi connectivity index (χ4n) is 0.799. The summed E-state index contributed by atoms with van der Waals surface area (Å²) in [6.07, 6.45) is 0. The zero-order valence-electron chi connectivity index (χ0n) is 6.21. The quantitative estimate of drug-likeness (QED) is 0.646. The highest BCUT2D eigenvalue weighted by molar-refractivity contribution is 6.33. The minimum atomic E-state index is -1.29. The molecule has 4 nitrogen and oxygen atoms in total. The van der Waals surface area contributed by atoms with Gasteiger partial charge in [0.2, 0.25) is 0 Å². The van der Waals surface area contributed by atoms with Crippen molar-refractivity contribution in [2.75, 3.05) is 5.48 Å². The molecule has 0 spiro atoms. The number of carboxylic acid groups (broad SMARTS) is 1. The molecule has 0 aromatic heterocycles. The van der Waals surface area contributed by atoms with Crippen LogP contribution in [0, 0.1) is 5.82 Å². The number of nitrogens with one attached hydrogen (secondary N) is 1. The van der Waals surface area contributed by atoms with Crippen LogP contribution in [0.3, 0.4) is 0 Å². The summed E-state index contributed by atoms with van der Waals surface area (Å²) >= 11 is 5.42. The zero-order valence-corrected chi connectivity index (χ0v) is 6.97. The van der Waals surface area contributed by atoms with Crippen molar-refractivity contribution in [3.63, 3.8) is 0 Å². The van der Waals surface area contributed by atoms with Crippen molar-refractivity contribution in [1.29, 1.82) is 0 Å². The Morgan fingerprint density at radius 2 is 2.15 bits per heavy atom. The number of carbonyl (C=O) groups is 1. The molecule has 0 heterocycles. The van der Waals surface area contributed by atoms with Crippen LogP contribution >= 0.6 is 11.6 Å². The fourth-order valence-corrected chi connectivity index (χ4v) is 1.03. The van der Waals surface area contributed by atoms with Gasteiger partial charge in [0, 0.05) is 0 Å². The lowest BCUT2D eigenvalue weighted by Gasteiger charge is -2.03. The number of carboxylic acids is 1. The van der Waals surface area contributed by atoms with Crippen LogP contribution in [0.1, 0.15) is 10.4 Å². The Balaban J connectivity index is 3.30. The molecule has 0 unspecified atom stereocenters. The second kappa shape index (κ2) is 3.59. The molecule has 70 valence electrons. The van der Waals surface area contributed by atoms with Gasteiger partial charge in [-0.1, -0.05) is 11.6 Å². The molecule has 0 fully saturated rings. The smallest absolute Gasteiger partial charge is 0.337 e. The van der Waals surface area contributed by atoms with E-state index in [-0.39, 0.29) is 16.3 Å². The Hall–Kier alpha value is -1.33. The number of hydrogen-bond acceptors (Lipinski definition) is 3. The maximum Gasteiger partial charge on any atom is 0.337 e. The topological polar surface area (TPSA) is 69.6 Å². The second-order valence-electron chi connectivity index (χ2n) is 2.23. The van der Waals surface area contributed by atoms with E-state index in [0.29, 0.717) is 0 Å². The first-order valence-electron chi connectivity index (χ1n) is 3.18. The highest BCUT2D eigenvalue weighted by Crippen LogP contribution is 2.23. The van der Waals surface area contributed by atoms with Crippen molar-refractivity contribution >= 4 is 23.3 Å². The summed E-state index contributed by atoms with van der Waals surface area (Å²) in [5, 5.41) is 16.7. The third-order valence-electron chi connectivity index (χ3n) is 1.41. The van der Waals surface area contributed by atoms with Crippen LogP contribution in [0.25, 0.3) is 0 Å². The molecule has 13 heavy (non-hydrogen) atoms. The van der Waals surface area contributed by atoms with Crippen molar-refractivity contribution in [1.82, 2.24) is 0 Å². The summed E-state index contributed by atoms with van der Waals surface area (Å²) in [4.78, 5) is 10.5. The lowest BCUT2D eigenvalue weighted by molar-refractivity contribution is 0.0697. The molecule has 0 bridgehead atoms. The Bertz CT molecular complexity index is 356. The number of halogens is 2. The molecule has 0 atom stereocenters. The second-order valence-corrected chi connectivity index (χ2v) is 2.64. The average Bonchev–Trinajstić information content (AvgIpc) is 2.03. The summed E-state index contributed by atoms with van der Waals surface area (Å²) in [7, 11) is 0. The maximum absolute atomic E-state index is 12.8. The van der Waals surface area contributed by atoms with Gasteiger partial charge < -0.3 is 5.11 Å². The largest absolute Gasteiger partial charge is 0.478 e. The summed E-state index contributed by atoms with van der Waals surface area (Å²) in [5.74, 6) is -2.11. The normalized spacial score (nSPS) is 9.77. The van der Waals surface area contributed by atoms with Gasteiger partial charge in [-0.2, -0.15) is 0 Å². The molecule has 6 heteroatoms. The molecule has 1 aromatic carbocycles. The molecule has 0 amide bonds. The van der Waals surface area contributed by atoms with Crippen molar-refractivity contribution < 1.29 is 19.5 Å². The van der Waals surface area contributed by atoms with Gasteiger partial charge in [-0.15, -0.1) is 0 Å². The summed E-state index contributed by atoms with van der Waals surface area (Å²) < 4.78 is 12.8. The molecule has 1 aromatic rings. The Morgan fingerprint density at radius 1 is 1.54 bits per heavy atom. The molecule has 0 aliphatic heterocycles. The molecule has 1 rings (SSSR count). The van der Waals surface area contributed by atoms with Crippen LogP contribution in [-0.2, 0) is 0 Å². The predicted molar refractivity (Wildman–Crippen MR) is 43.8 cm³/mol. The maximum atomic E-state index is 12.8. The first-order valence-corrected chi connectivity index (χ1v) is 3.56. The van der Waals surface area contributed by atoms with Crippen LogP contribution in [0.15, 0.2) is 12.1 Å². The number of anilines is 1. The fraction of sp³-hybridized carbons (Fsp3) is 0. The van der Waals surface area contributed by atoms with Crippen LogP contribution in [0.2, 0.25) is 5.02 Å². The van der Waals surface area contributed by atoms with E-state index in [9.17, 15) is 9.18 Å². The Morgan fingerprint density at radius 3 is 2.62 bits per heavy atom. The zero-order chi connectivity index (χ0) is 10.0. The molecule has 0 saturated heterocycles. The minimum Gasteiger partial charge on any atom is -0.478 e. The molecular formula is C7H5ClFNO3. The van der Waals surface area contributed by atoms with Gasteiger partial charge in [0.1, 0.15) is 5.82 Å². The van der Waals surface area contributed by atoms with E-state index in [1.807, 2.05) is 0 Å². The highest BCUT2D eigenvalue weighted by Gasteiger charge is 2.13. The van der Waals surface area contributed by atoms with Gasteiger partial charge in [0.15, 0.2) is 0 Å². The predicted octanol–water partition coefficient (Wildman–Crippen LogP) is 1.98. The molecular weight excluding hydrogens is 201 g/mol. The summed E-state index contributed by atoms with van der Waals surface area (Å²) in [6.45, 7) is 0. The van der Waals surface area contributed by atoms with Crippen molar-refractivity contribution in [2.24, 2.45) is 0 Å². The summed E-state index contributed by atoms with van der Waals surface area (Å²) in [6, 6.07) is 1.71. The lowest BCUT2D eigenvalue weighted by atomic mass is 10.2. The monoisotopic (exact) mass is 205 g/mol. The van der Waals surface area contributed by atoms with Gasteiger partial charge in [0.25, 0.3) is 0 Å². The van der Waals surface area contributed by atoms with E-state index in [1.54, 1.807) is 0 Å². The lowest BCUT2D eigenvalue weighted by Crippen LogP contribution is -2.01. The number of aromatic carboxylic acids is 1. The van der Waals surface area contributed by atoms with E-state index in [1.165, 1.54) is 5.48 Å². The standard InChI is InChI=1S/C7H5ClFNO3/c8-4-2-5(9)6(10-13)1-3(4)7(11)12/h1-2,10,13H,(H,11,12). The van der Waals surface area contributed by atoms with Crippen molar-refractivity contribution in [3.8, 4) is 0 Å². The molecule has 0 saturated carbocycles. The first-order chi connectivity index (χ1) is 6.06. The van der Waals surface area contributed by atoms with E-state index < -0.39 is 11.8 Å². The van der Waals surface area contributed by atoms with Crippen molar-refractivity contribution in [2.45, 2.75) is 0 Å². The Kier molecular flexibility index (Phi) is 2.69. The highest BCUT2D eigenvalue weighted by atomic mass is 35.5. The SMILES string of the molecule is O=C(O)c1cc(NO)c(F)cc1Cl. The molecule has 0 aliphatic rings. The van der Waals surface area contributed by atoms with E-state index in [2.05, 4.69) is 0 Å². The van der Waals surface area contributed by atoms with E-state index in [4.69, 9.17) is 21.9 Å². The van der Waals surface area contributed by atoms with Gasteiger partial charge in [-0.3, -0.25) is 10.7 Å². The molecule has 3 N–H and O–H groups in total. The van der Waals surface area contributed by atoms with Crippen molar-refractivity contribution in [3.05, 3.63) is 28.5 Å². The number of rotatable bonds is 2. The van der Waals surface area contributed by atoms with Gasteiger partial charge >= 0.3 is 5.97 Å². The van der Waals surface area contributed by atoms with Gasteiger partial charge in [0.05, 0.1) is 16.3 Å². The van der Waals surface area contributed by atoms with Crippen LogP contribution in [-0.4, -0.2) is 16.3 Å². The Labute approximate surface area is 77.5 Å². The van der Waals surface area contributed by atoms with Crippen LogP contribution < -0.4 is 5.48 Å². The molecule has 0 aliphatic carbocycles. The van der Waals surface area contributed by atoms with E-state index in [0.717, 1.165) is 12.1 Å². The third-order valence-corrected chi connectivity index (χ3v) is 1.72. The minimum absolute atomic E-state index is 0.219. The van der Waals surface area contributed by atoms with Crippen LogP contribution in [0.5, 0.6) is 0 Å². The molecule has 0 radical (unpaired) electrons. The van der Waals surface area contributed by atoms with Gasteiger partial charge in [-0.25, -0.2) is 9.18 Å². The number of hydrogen-bond donors (Lipinski definition) is 3. The third kappa shape index (κ3) is 1.88. The van der Waals surface area contributed by atoms with Gasteiger partial charge in [-0.05, 0) is 12.1 Å².